The Balaban J connectivity index is 2.10. The predicted octanol–water partition coefficient (Wildman–Crippen LogP) is 1.07. The van der Waals surface area contributed by atoms with E-state index >= 15 is 0 Å². The van der Waals surface area contributed by atoms with Crippen LogP contribution in [-0.2, 0) is 27.8 Å². The number of nitrogens with zero attached hydrogens (tertiary/aromatic N) is 1. The summed E-state index contributed by atoms with van der Waals surface area (Å²) in [6.45, 7) is 7.56. The van der Waals surface area contributed by atoms with Crippen molar-refractivity contribution in [3.05, 3.63) is 18.0 Å². The molecule has 21 heavy (non-hydrogen) atoms. The fourth-order valence-corrected chi connectivity index (χ4v) is 3.74. The molecule has 1 aliphatic rings. The first-order valence-electron chi connectivity index (χ1n) is 7.56. The number of rotatable bonds is 8. The van der Waals surface area contributed by atoms with Crippen molar-refractivity contribution < 1.29 is 13.2 Å². The molecule has 2 heterocycles. The molecular weight excluding hydrogens is 290 g/mol. The molecule has 1 unspecified atom stereocenters. The van der Waals surface area contributed by atoms with Gasteiger partial charge in [-0.15, -0.1) is 0 Å². The lowest BCUT2D eigenvalue weighted by atomic mass is 10.3. The van der Waals surface area contributed by atoms with Crippen molar-refractivity contribution in [2.75, 3.05) is 19.8 Å². The van der Waals surface area contributed by atoms with Crippen LogP contribution in [-0.4, -0.2) is 38.8 Å². The third-order valence-electron chi connectivity index (χ3n) is 3.60. The summed E-state index contributed by atoms with van der Waals surface area (Å²) in [5.74, 6) is 0. The molecule has 2 N–H and O–H groups in total. The van der Waals surface area contributed by atoms with Crippen molar-refractivity contribution >= 4 is 10.0 Å². The molecule has 0 saturated carbocycles. The van der Waals surface area contributed by atoms with Crippen LogP contribution >= 0.6 is 0 Å². The van der Waals surface area contributed by atoms with Gasteiger partial charge in [-0.3, -0.25) is 0 Å². The Kier molecular flexibility index (Phi) is 5.80. The largest absolute Gasteiger partial charge is 0.380 e. The zero-order valence-corrected chi connectivity index (χ0v) is 13.6. The Morgan fingerprint density at radius 2 is 2.24 bits per heavy atom. The van der Waals surface area contributed by atoms with Crippen molar-refractivity contribution in [2.24, 2.45) is 0 Å². The minimum absolute atomic E-state index is 0.110. The summed E-state index contributed by atoms with van der Waals surface area (Å²) in [4.78, 5) is 0.338. The van der Waals surface area contributed by atoms with Gasteiger partial charge in [0.1, 0.15) is 0 Å². The maximum Gasteiger partial charge on any atom is 0.242 e. The van der Waals surface area contributed by atoms with Gasteiger partial charge >= 0.3 is 0 Å². The van der Waals surface area contributed by atoms with Crippen molar-refractivity contribution in [1.82, 2.24) is 14.6 Å². The first kappa shape index (κ1) is 16.5. The van der Waals surface area contributed by atoms with Gasteiger partial charge in [-0.25, -0.2) is 13.1 Å². The summed E-state index contributed by atoms with van der Waals surface area (Å²) in [5.41, 5.74) is 0.994. The topological polar surface area (TPSA) is 72.4 Å². The Morgan fingerprint density at radius 1 is 1.43 bits per heavy atom. The molecule has 2 rings (SSSR count). The number of hydrogen-bond donors (Lipinski definition) is 2. The second kappa shape index (κ2) is 7.40. The molecule has 120 valence electrons. The van der Waals surface area contributed by atoms with Crippen LogP contribution in [0.5, 0.6) is 0 Å². The lowest BCUT2D eigenvalue weighted by Gasteiger charge is -2.09. The van der Waals surface area contributed by atoms with Crippen LogP contribution < -0.4 is 10.0 Å². The SMILES string of the molecule is CCCNCc1cc(S(=O)(=O)NC2CCOC2)cn1CC. The average Bonchev–Trinajstić information content (AvgIpc) is 3.08. The summed E-state index contributed by atoms with van der Waals surface area (Å²) in [6, 6.07) is 1.64. The Labute approximate surface area is 126 Å². The van der Waals surface area contributed by atoms with Gasteiger partial charge in [0.05, 0.1) is 11.5 Å². The number of sulfonamides is 1. The van der Waals surface area contributed by atoms with E-state index in [1.165, 1.54) is 0 Å². The second-order valence-corrected chi connectivity index (χ2v) is 7.03. The maximum atomic E-state index is 12.4. The molecule has 0 radical (unpaired) electrons. The van der Waals surface area contributed by atoms with Gasteiger partial charge in [0.2, 0.25) is 10.0 Å². The molecule has 1 fully saturated rings. The number of nitrogens with one attached hydrogen (secondary N) is 2. The van der Waals surface area contributed by atoms with Gasteiger partial charge in [0.25, 0.3) is 0 Å². The van der Waals surface area contributed by atoms with E-state index in [1.807, 2.05) is 11.5 Å². The highest BCUT2D eigenvalue weighted by Gasteiger charge is 2.24. The van der Waals surface area contributed by atoms with E-state index in [2.05, 4.69) is 17.0 Å². The van der Waals surface area contributed by atoms with Crippen LogP contribution in [0, 0.1) is 0 Å². The second-order valence-electron chi connectivity index (χ2n) is 5.31. The van der Waals surface area contributed by atoms with E-state index < -0.39 is 10.0 Å². The van der Waals surface area contributed by atoms with E-state index in [0.717, 1.165) is 31.6 Å². The van der Waals surface area contributed by atoms with Crippen LogP contribution in [0.3, 0.4) is 0 Å². The van der Waals surface area contributed by atoms with E-state index in [0.29, 0.717) is 24.7 Å². The lowest BCUT2D eigenvalue weighted by Crippen LogP contribution is -2.34. The zero-order chi connectivity index (χ0) is 15.3. The molecule has 7 heteroatoms. The molecule has 0 amide bonds. The summed E-state index contributed by atoms with van der Waals surface area (Å²) < 4.78 is 34.7. The monoisotopic (exact) mass is 315 g/mol. The van der Waals surface area contributed by atoms with Gasteiger partial charge in [-0.2, -0.15) is 0 Å². The van der Waals surface area contributed by atoms with Crippen molar-refractivity contribution in [3.8, 4) is 0 Å². The molecule has 0 aliphatic carbocycles. The highest BCUT2D eigenvalue weighted by Crippen LogP contribution is 2.16. The number of ether oxygens (including phenoxy) is 1. The number of aryl methyl sites for hydroxylation is 1. The van der Waals surface area contributed by atoms with Crippen LogP contribution in [0.1, 0.15) is 32.4 Å². The molecule has 1 atom stereocenters. The third-order valence-corrected chi connectivity index (χ3v) is 5.08. The molecule has 1 aromatic heterocycles. The van der Waals surface area contributed by atoms with Crippen LogP contribution in [0.4, 0.5) is 0 Å². The van der Waals surface area contributed by atoms with Gasteiger partial charge < -0.3 is 14.6 Å². The minimum Gasteiger partial charge on any atom is -0.380 e. The first-order valence-corrected chi connectivity index (χ1v) is 9.05. The lowest BCUT2D eigenvalue weighted by molar-refractivity contribution is 0.192. The van der Waals surface area contributed by atoms with Crippen LogP contribution in [0.25, 0.3) is 0 Å². The Hall–Kier alpha value is -0.890. The quantitative estimate of drug-likeness (QED) is 0.704. The molecule has 6 nitrogen and oxygen atoms in total. The molecule has 0 bridgehead atoms. The van der Waals surface area contributed by atoms with E-state index in [9.17, 15) is 8.42 Å². The van der Waals surface area contributed by atoms with Crippen molar-refractivity contribution in [3.63, 3.8) is 0 Å². The molecule has 0 aromatic carbocycles. The predicted molar refractivity (Wildman–Crippen MR) is 81.6 cm³/mol. The number of aromatic nitrogens is 1. The van der Waals surface area contributed by atoms with E-state index in [-0.39, 0.29) is 6.04 Å². The summed E-state index contributed by atoms with van der Waals surface area (Å²) in [6.07, 6.45) is 3.50. The standard InChI is InChI=1S/C14H25N3O3S/c1-3-6-15-9-13-8-14(10-17(13)4-2)21(18,19)16-12-5-7-20-11-12/h8,10,12,15-16H,3-7,9,11H2,1-2H3. The normalized spacial score (nSPS) is 19.2. The summed E-state index contributed by atoms with van der Waals surface area (Å²) in [7, 11) is -3.46. The Morgan fingerprint density at radius 3 is 2.86 bits per heavy atom. The van der Waals surface area contributed by atoms with E-state index in [1.54, 1.807) is 12.3 Å². The average molecular weight is 315 g/mol. The minimum atomic E-state index is -3.46. The highest BCUT2D eigenvalue weighted by molar-refractivity contribution is 7.89. The van der Waals surface area contributed by atoms with Gasteiger partial charge in [0.15, 0.2) is 0 Å². The van der Waals surface area contributed by atoms with Crippen molar-refractivity contribution in [2.45, 2.75) is 50.7 Å². The van der Waals surface area contributed by atoms with E-state index in [4.69, 9.17) is 4.74 Å². The molecule has 0 spiro atoms. The summed E-state index contributed by atoms with van der Waals surface area (Å²) in [5, 5.41) is 3.31. The van der Waals surface area contributed by atoms with Crippen LogP contribution in [0.15, 0.2) is 17.2 Å². The fourth-order valence-electron chi connectivity index (χ4n) is 2.42. The zero-order valence-electron chi connectivity index (χ0n) is 12.8. The molecule has 1 aliphatic heterocycles. The maximum absolute atomic E-state index is 12.4. The number of hydrogen-bond acceptors (Lipinski definition) is 4. The summed E-state index contributed by atoms with van der Waals surface area (Å²) >= 11 is 0. The van der Waals surface area contributed by atoms with Gasteiger partial charge in [-0.1, -0.05) is 6.92 Å². The fraction of sp³-hybridized carbons (Fsp3) is 0.714. The van der Waals surface area contributed by atoms with Crippen molar-refractivity contribution in [1.29, 1.82) is 0 Å². The first-order chi connectivity index (χ1) is 10.1. The van der Waals surface area contributed by atoms with Crippen LogP contribution in [0.2, 0.25) is 0 Å². The highest BCUT2D eigenvalue weighted by atomic mass is 32.2. The Bertz CT molecular complexity index is 548. The van der Waals surface area contributed by atoms with Gasteiger partial charge in [0, 0.05) is 37.6 Å². The molecule has 1 saturated heterocycles. The van der Waals surface area contributed by atoms with Gasteiger partial charge in [-0.05, 0) is 32.4 Å². The molecule has 1 aromatic rings. The third kappa shape index (κ3) is 4.29. The molecular formula is C14H25N3O3S. The smallest absolute Gasteiger partial charge is 0.242 e.